The lowest BCUT2D eigenvalue weighted by Crippen LogP contribution is -2.39. The van der Waals surface area contributed by atoms with Crippen LogP contribution < -0.4 is 10.6 Å². The predicted octanol–water partition coefficient (Wildman–Crippen LogP) is 4.56. The SMILES string of the molecule is COC1C=C(N(Cc2ccc(O)cc2)CC(O)Cn2c3c(c4cc(Br)ccc42)=CC(Br)CC=3)C=CC1. The molecule has 2 aliphatic rings. The molecule has 0 saturated heterocycles. The molecule has 0 radical (unpaired) electrons. The summed E-state index contributed by atoms with van der Waals surface area (Å²) >= 11 is 7.36. The number of aromatic nitrogens is 1. The summed E-state index contributed by atoms with van der Waals surface area (Å²) in [5, 5.41) is 24.7. The van der Waals surface area contributed by atoms with Crippen molar-refractivity contribution in [3.63, 3.8) is 0 Å². The van der Waals surface area contributed by atoms with E-state index < -0.39 is 6.10 Å². The van der Waals surface area contributed by atoms with Gasteiger partial charge < -0.3 is 24.4 Å². The molecule has 2 N–H and O–H groups in total. The Bertz CT molecular complexity index is 1430. The molecule has 0 amide bonds. The van der Waals surface area contributed by atoms with Crippen molar-refractivity contribution >= 4 is 54.9 Å². The van der Waals surface area contributed by atoms with Crippen LogP contribution >= 0.6 is 31.9 Å². The smallest absolute Gasteiger partial charge is 0.115 e. The van der Waals surface area contributed by atoms with Crippen LogP contribution in [-0.2, 0) is 17.8 Å². The molecule has 3 aromatic rings. The zero-order valence-corrected chi connectivity index (χ0v) is 23.3. The second kappa shape index (κ2) is 11.0. The zero-order chi connectivity index (χ0) is 25.2. The number of hydrogen-bond acceptors (Lipinski definition) is 4. The molecule has 36 heavy (non-hydrogen) atoms. The van der Waals surface area contributed by atoms with Crippen LogP contribution in [0, 0.1) is 0 Å². The molecule has 0 saturated carbocycles. The summed E-state index contributed by atoms with van der Waals surface area (Å²) in [7, 11) is 1.72. The Balaban J connectivity index is 1.46. The maximum atomic E-state index is 11.4. The van der Waals surface area contributed by atoms with Gasteiger partial charge in [-0.2, -0.15) is 0 Å². The molecule has 0 bridgehead atoms. The van der Waals surface area contributed by atoms with Crippen molar-refractivity contribution in [2.24, 2.45) is 0 Å². The lowest BCUT2D eigenvalue weighted by molar-refractivity contribution is 0.107. The number of aromatic hydroxyl groups is 1. The molecule has 0 aliphatic heterocycles. The first-order chi connectivity index (χ1) is 17.4. The number of aliphatic hydroxyl groups is 1. The minimum absolute atomic E-state index is 0.0191. The number of allylic oxidation sites excluding steroid dienone is 1. The molecule has 188 valence electrons. The van der Waals surface area contributed by atoms with Gasteiger partial charge in [0.15, 0.2) is 0 Å². The molecule has 2 aromatic carbocycles. The Kier molecular flexibility index (Phi) is 7.72. The van der Waals surface area contributed by atoms with E-state index in [4.69, 9.17) is 4.74 Å². The van der Waals surface area contributed by atoms with Gasteiger partial charge in [-0.05, 0) is 60.9 Å². The molecule has 5 rings (SSSR count). The van der Waals surface area contributed by atoms with E-state index in [0.29, 0.717) is 24.5 Å². The number of fused-ring (bicyclic) bond motifs is 3. The molecule has 5 nitrogen and oxygen atoms in total. The number of aliphatic hydroxyl groups excluding tert-OH is 1. The Morgan fingerprint density at radius 2 is 1.94 bits per heavy atom. The fraction of sp³-hybridized carbons (Fsp3) is 0.310. The van der Waals surface area contributed by atoms with Crippen molar-refractivity contribution in [3.8, 4) is 5.75 Å². The number of nitrogens with zero attached hydrogens (tertiary/aromatic N) is 2. The number of ether oxygens (including phenoxy) is 1. The third-order valence-electron chi connectivity index (χ3n) is 6.81. The summed E-state index contributed by atoms with van der Waals surface area (Å²) in [6.45, 7) is 1.57. The van der Waals surface area contributed by atoms with Gasteiger partial charge in [-0.3, -0.25) is 0 Å². The van der Waals surface area contributed by atoms with Crippen molar-refractivity contribution in [1.82, 2.24) is 9.47 Å². The fourth-order valence-corrected chi connectivity index (χ4v) is 5.87. The van der Waals surface area contributed by atoms with Gasteiger partial charge in [-0.15, -0.1) is 0 Å². The van der Waals surface area contributed by atoms with Gasteiger partial charge in [0, 0.05) is 56.7 Å². The van der Waals surface area contributed by atoms with E-state index in [0.717, 1.165) is 34.1 Å². The van der Waals surface area contributed by atoms with Crippen molar-refractivity contribution < 1.29 is 14.9 Å². The highest BCUT2D eigenvalue weighted by Gasteiger charge is 2.20. The van der Waals surface area contributed by atoms with Crippen LogP contribution in [0.2, 0.25) is 0 Å². The number of halogens is 2. The van der Waals surface area contributed by atoms with E-state index in [9.17, 15) is 10.2 Å². The van der Waals surface area contributed by atoms with Gasteiger partial charge in [0.2, 0.25) is 0 Å². The van der Waals surface area contributed by atoms with Crippen LogP contribution in [0.5, 0.6) is 5.75 Å². The van der Waals surface area contributed by atoms with Crippen LogP contribution in [0.25, 0.3) is 23.1 Å². The van der Waals surface area contributed by atoms with Crippen molar-refractivity contribution in [2.45, 2.75) is 43.0 Å². The molecule has 1 heterocycles. The molecule has 3 unspecified atom stereocenters. The van der Waals surface area contributed by atoms with Crippen LogP contribution in [0.4, 0.5) is 0 Å². The lowest BCUT2D eigenvalue weighted by Gasteiger charge is -2.31. The zero-order valence-electron chi connectivity index (χ0n) is 20.1. The summed E-state index contributed by atoms with van der Waals surface area (Å²) in [4.78, 5) is 2.50. The summed E-state index contributed by atoms with van der Waals surface area (Å²) in [6, 6.07) is 13.6. The van der Waals surface area contributed by atoms with Gasteiger partial charge in [-0.1, -0.05) is 62.2 Å². The Hall–Kier alpha value is -2.32. The number of hydrogen-bond donors (Lipinski definition) is 2. The molecule has 0 spiro atoms. The van der Waals surface area contributed by atoms with Crippen molar-refractivity contribution in [3.05, 3.63) is 87.0 Å². The molecule has 1 aromatic heterocycles. The average molecular weight is 614 g/mol. The third-order valence-corrected chi connectivity index (χ3v) is 7.94. The lowest BCUT2D eigenvalue weighted by atomic mass is 10.1. The second-order valence-corrected chi connectivity index (χ2v) is 11.5. The van der Waals surface area contributed by atoms with Crippen LogP contribution in [0.15, 0.2) is 70.9 Å². The van der Waals surface area contributed by atoms with E-state index in [2.05, 4.69) is 89.9 Å². The molecular formula is C29H30Br2N2O3. The Morgan fingerprint density at radius 1 is 1.14 bits per heavy atom. The van der Waals surface area contributed by atoms with Gasteiger partial charge in [0.05, 0.1) is 18.8 Å². The molecule has 7 heteroatoms. The first kappa shape index (κ1) is 25.3. The molecule has 3 atom stereocenters. The highest BCUT2D eigenvalue weighted by atomic mass is 79.9. The van der Waals surface area contributed by atoms with E-state index in [1.54, 1.807) is 19.2 Å². The maximum absolute atomic E-state index is 11.4. The third kappa shape index (κ3) is 5.49. The minimum atomic E-state index is -0.599. The Labute approximate surface area is 227 Å². The van der Waals surface area contributed by atoms with Crippen molar-refractivity contribution in [2.75, 3.05) is 13.7 Å². The number of benzene rings is 2. The summed E-state index contributed by atoms with van der Waals surface area (Å²) in [6.07, 6.45) is 12.1. The largest absolute Gasteiger partial charge is 0.508 e. The number of methoxy groups -OCH3 is 1. The minimum Gasteiger partial charge on any atom is -0.508 e. The number of rotatable bonds is 8. The predicted molar refractivity (Wildman–Crippen MR) is 152 cm³/mol. The number of phenolic OH excluding ortho intramolecular Hbond substituents is 1. The summed E-state index contributed by atoms with van der Waals surface area (Å²) < 4.78 is 8.88. The Morgan fingerprint density at radius 3 is 2.72 bits per heavy atom. The highest BCUT2D eigenvalue weighted by molar-refractivity contribution is 9.10. The number of phenols is 1. The maximum Gasteiger partial charge on any atom is 0.115 e. The standard InChI is InChI=1S/C29H30Br2N2O3/c1-36-25-4-2-3-22(15-25)32(16-19-5-9-23(34)10-6-19)17-24(35)18-33-28-11-7-20(30)13-26(28)27-14-21(31)8-12-29(27)33/h2-3,5-7,9-15,21,24-25,34-35H,4,8,16-18H2,1H3. The van der Waals surface area contributed by atoms with E-state index in [1.807, 2.05) is 12.1 Å². The molecule has 2 aliphatic carbocycles. The number of alkyl halides is 1. The first-order valence-corrected chi connectivity index (χ1v) is 13.9. The van der Waals surface area contributed by atoms with Gasteiger partial charge in [-0.25, -0.2) is 0 Å². The monoisotopic (exact) mass is 612 g/mol. The normalized spacial score (nSPS) is 19.8. The summed E-state index contributed by atoms with van der Waals surface area (Å²) in [5.74, 6) is 0.247. The fourth-order valence-electron chi connectivity index (χ4n) is 5.06. The van der Waals surface area contributed by atoms with Gasteiger partial charge in [0.1, 0.15) is 5.75 Å². The topological polar surface area (TPSA) is 57.9 Å². The van der Waals surface area contributed by atoms with E-state index >= 15 is 0 Å². The summed E-state index contributed by atoms with van der Waals surface area (Å²) in [5.41, 5.74) is 3.22. The van der Waals surface area contributed by atoms with Crippen LogP contribution in [-0.4, -0.2) is 50.4 Å². The van der Waals surface area contributed by atoms with Crippen LogP contribution in [0.3, 0.4) is 0 Å². The molecule has 0 fully saturated rings. The molecular weight excluding hydrogens is 584 g/mol. The van der Waals surface area contributed by atoms with E-state index in [1.165, 1.54) is 16.0 Å². The average Bonchev–Trinajstić information content (AvgIpc) is 3.16. The van der Waals surface area contributed by atoms with E-state index in [-0.39, 0.29) is 11.9 Å². The van der Waals surface area contributed by atoms with Gasteiger partial charge >= 0.3 is 0 Å². The second-order valence-electron chi connectivity index (χ2n) is 9.40. The highest BCUT2D eigenvalue weighted by Crippen LogP contribution is 2.23. The van der Waals surface area contributed by atoms with Crippen molar-refractivity contribution in [1.29, 1.82) is 0 Å². The van der Waals surface area contributed by atoms with Crippen LogP contribution in [0.1, 0.15) is 18.4 Å². The first-order valence-electron chi connectivity index (χ1n) is 12.2. The quantitative estimate of drug-likeness (QED) is 0.366. The van der Waals surface area contributed by atoms with Gasteiger partial charge in [0.25, 0.3) is 0 Å².